The summed E-state index contributed by atoms with van der Waals surface area (Å²) in [4.78, 5) is 13.4. The number of hydrogen-bond acceptors (Lipinski definition) is 18. The van der Waals surface area contributed by atoms with Crippen LogP contribution >= 0.6 is 0 Å². The van der Waals surface area contributed by atoms with Gasteiger partial charge in [0, 0.05) is 6.42 Å². The zero-order chi connectivity index (χ0) is 66.8. The highest BCUT2D eigenvalue weighted by atomic mass is 16.8. The average Bonchev–Trinajstić information content (AvgIpc) is 0.843. The highest BCUT2D eigenvalue weighted by Crippen LogP contribution is 2.33. The number of ether oxygens (including phenoxy) is 6. The third kappa shape index (κ3) is 36.2. The lowest BCUT2D eigenvalue weighted by atomic mass is 9.96. The lowest BCUT2D eigenvalue weighted by molar-refractivity contribution is -0.379. The van der Waals surface area contributed by atoms with E-state index in [4.69, 9.17) is 28.4 Å². The van der Waals surface area contributed by atoms with Crippen LogP contribution in [0.3, 0.4) is 0 Å². The van der Waals surface area contributed by atoms with Gasteiger partial charge in [0.05, 0.1) is 38.6 Å². The number of aliphatic hydroxyl groups is 11. The molecule has 17 unspecified atom stereocenters. The Kier molecular flexibility index (Phi) is 50.7. The maximum absolute atomic E-state index is 13.4. The number of amides is 1. The molecular formula is C73H137NO18. The van der Waals surface area contributed by atoms with Gasteiger partial charge in [-0.1, -0.05) is 289 Å². The topological polar surface area (TPSA) is 307 Å². The van der Waals surface area contributed by atoms with E-state index in [1.54, 1.807) is 6.08 Å². The van der Waals surface area contributed by atoms with Crippen LogP contribution in [0.5, 0.6) is 0 Å². The van der Waals surface area contributed by atoms with Crippen molar-refractivity contribution in [3.63, 3.8) is 0 Å². The minimum Gasteiger partial charge on any atom is -0.394 e. The minimum atomic E-state index is -1.98. The first-order chi connectivity index (χ1) is 44.8. The third-order valence-corrected chi connectivity index (χ3v) is 19.0. The fraction of sp³-hybridized carbons (Fsp3) is 0.932. The maximum atomic E-state index is 13.4. The number of carbonyl (C=O) groups is 1. The highest BCUT2D eigenvalue weighted by molar-refractivity contribution is 5.76. The van der Waals surface area contributed by atoms with Crippen LogP contribution in [-0.2, 0) is 33.2 Å². The van der Waals surface area contributed by atoms with Crippen molar-refractivity contribution in [3.05, 3.63) is 24.3 Å². The molecule has 0 bridgehead atoms. The minimum absolute atomic E-state index is 0.241. The molecule has 19 nitrogen and oxygen atoms in total. The first-order valence-corrected chi connectivity index (χ1v) is 37.6. The van der Waals surface area contributed by atoms with Crippen molar-refractivity contribution in [1.29, 1.82) is 0 Å². The van der Waals surface area contributed by atoms with E-state index in [9.17, 15) is 61.0 Å². The zero-order valence-corrected chi connectivity index (χ0v) is 57.5. The summed E-state index contributed by atoms with van der Waals surface area (Å²) in [6, 6.07) is -0.987. The van der Waals surface area contributed by atoms with Crippen molar-refractivity contribution in [3.8, 4) is 0 Å². The van der Waals surface area contributed by atoms with Crippen molar-refractivity contribution in [2.24, 2.45) is 0 Å². The van der Waals surface area contributed by atoms with Gasteiger partial charge in [0.2, 0.25) is 5.91 Å². The van der Waals surface area contributed by atoms with Crippen LogP contribution < -0.4 is 5.32 Å². The fourth-order valence-corrected chi connectivity index (χ4v) is 12.9. The molecule has 3 saturated heterocycles. The Morgan fingerprint density at radius 2 is 0.696 bits per heavy atom. The smallest absolute Gasteiger partial charge is 0.220 e. The molecule has 0 aliphatic carbocycles. The number of rotatable bonds is 59. The summed E-state index contributed by atoms with van der Waals surface area (Å²) in [5, 5.41) is 121. The average molecular weight is 1320 g/mol. The second kappa shape index (κ2) is 55.2. The van der Waals surface area contributed by atoms with Crippen molar-refractivity contribution in [1.82, 2.24) is 5.32 Å². The Morgan fingerprint density at radius 1 is 0.380 bits per heavy atom. The molecule has 3 aliphatic rings. The molecule has 542 valence electrons. The third-order valence-electron chi connectivity index (χ3n) is 19.0. The van der Waals surface area contributed by atoms with Gasteiger partial charge in [0.15, 0.2) is 18.9 Å². The highest BCUT2D eigenvalue weighted by Gasteiger charge is 2.53. The fourth-order valence-electron chi connectivity index (χ4n) is 12.9. The molecular weight excluding hydrogens is 1180 g/mol. The summed E-state index contributed by atoms with van der Waals surface area (Å²) in [5.74, 6) is -0.279. The summed E-state index contributed by atoms with van der Waals surface area (Å²) >= 11 is 0. The number of aliphatic hydroxyl groups excluding tert-OH is 11. The van der Waals surface area contributed by atoms with Gasteiger partial charge in [-0.15, -0.1) is 0 Å². The van der Waals surface area contributed by atoms with Crippen LogP contribution in [0.15, 0.2) is 24.3 Å². The van der Waals surface area contributed by atoms with E-state index >= 15 is 0 Å². The number of nitrogens with one attached hydrogen (secondary N) is 1. The molecule has 0 spiro atoms. The van der Waals surface area contributed by atoms with Gasteiger partial charge in [-0.3, -0.25) is 4.79 Å². The normalized spacial score (nSPS) is 27.8. The second-order valence-corrected chi connectivity index (χ2v) is 27.1. The molecule has 19 heteroatoms. The molecule has 12 N–H and O–H groups in total. The SMILES string of the molecule is CCCCCCCCCCCCCCCCCCCCCCCC/C=C/CC/C=C/C(O)C(COC1OC(CO)C(OC2OC(CO)C(OC3OC(CO)C(O)C(O)C3O)C(O)C2O)C(O)C1O)NC(=O)CCCCCCCCCCCCCCCCCCCCC. The molecule has 0 radical (unpaired) electrons. The van der Waals surface area contributed by atoms with Gasteiger partial charge in [-0.05, 0) is 32.1 Å². The van der Waals surface area contributed by atoms with E-state index < -0.39 is 124 Å². The molecule has 3 aliphatic heterocycles. The molecule has 3 rings (SSSR count). The van der Waals surface area contributed by atoms with Crippen molar-refractivity contribution < 1.29 is 89.4 Å². The Hall–Kier alpha value is -1.73. The standard InChI is InChI=1S/C73H137NO18/c1-3-5-7-9-11-13-15-17-19-21-23-24-25-26-27-28-29-30-31-33-34-36-38-40-42-44-46-48-50-57(78)56(74-61(79)51-49-47-45-43-41-39-37-35-32-22-20-18-16-14-12-10-8-6-4-2)55-87-71-67(85)64(82)69(59(53-76)89-71)92-73-68(86)65(83)70(60(54-77)90-73)91-72-66(84)63(81)62(80)58(52-75)88-72/h40,42,48,50,56-60,62-73,75-78,80-86H,3-39,41,43-47,49,51-55H2,1-2H3,(H,74,79)/b42-40+,50-48+. The Labute approximate surface area is 556 Å². The number of carbonyl (C=O) groups excluding carboxylic acids is 1. The number of unbranched alkanes of at least 4 members (excludes halogenated alkanes) is 41. The lowest BCUT2D eigenvalue weighted by Crippen LogP contribution is -2.66. The first-order valence-electron chi connectivity index (χ1n) is 37.6. The predicted molar refractivity (Wildman–Crippen MR) is 360 cm³/mol. The van der Waals surface area contributed by atoms with Gasteiger partial charge in [0.1, 0.15) is 73.2 Å². The molecule has 0 aromatic heterocycles. The molecule has 3 fully saturated rings. The monoisotopic (exact) mass is 1320 g/mol. The van der Waals surface area contributed by atoms with E-state index in [0.717, 1.165) is 38.5 Å². The van der Waals surface area contributed by atoms with E-state index in [1.807, 2.05) is 6.08 Å². The summed E-state index contributed by atoms with van der Waals surface area (Å²) < 4.78 is 34.4. The van der Waals surface area contributed by atoms with Crippen LogP contribution in [0, 0.1) is 0 Å². The zero-order valence-electron chi connectivity index (χ0n) is 57.5. The first kappa shape index (κ1) is 84.5. The molecule has 92 heavy (non-hydrogen) atoms. The van der Waals surface area contributed by atoms with Gasteiger partial charge in [-0.25, -0.2) is 0 Å². The summed E-state index contributed by atoms with van der Waals surface area (Å²) in [7, 11) is 0. The molecule has 0 aromatic rings. The maximum Gasteiger partial charge on any atom is 0.220 e. The van der Waals surface area contributed by atoms with Crippen molar-refractivity contribution in [2.75, 3.05) is 26.4 Å². The van der Waals surface area contributed by atoms with Gasteiger partial charge in [0.25, 0.3) is 0 Å². The number of hydrogen-bond donors (Lipinski definition) is 12. The van der Waals surface area contributed by atoms with Gasteiger partial charge >= 0.3 is 0 Å². The molecule has 0 aromatic carbocycles. The number of allylic oxidation sites excluding steroid dienone is 3. The van der Waals surface area contributed by atoms with Crippen molar-refractivity contribution >= 4 is 5.91 Å². The molecule has 1 amide bonds. The van der Waals surface area contributed by atoms with Gasteiger partial charge < -0.3 is 89.9 Å². The van der Waals surface area contributed by atoms with Crippen LogP contribution in [0.25, 0.3) is 0 Å². The Bertz CT molecular complexity index is 1760. The van der Waals surface area contributed by atoms with Crippen LogP contribution in [0.2, 0.25) is 0 Å². The van der Waals surface area contributed by atoms with E-state index in [2.05, 4.69) is 31.3 Å². The van der Waals surface area contributed by atoms with Crippen LogP contribution in [0.4, 0.5) is 0 Å². The van der Waals surface area contributed by atoms with Crippen LogP contribution in [-0.4, -0.2) is 193 Å². The van der Waals surface area contributed by atoms with E-state index in [1.165, 1.54) is 231 Å². The second-order valence-electron chi connectivity index (χ2n) is 27.1. The molecule has 0 saturated carbocycles. The van der Waals surface area contributed by atoms with E-state index in [-0.39, 0.29) is 18.9 Å². The van der Waals surface area contributed by atoms with Crippen molar-refractivity contribution in [2.45, 2.75) is 407 Å². The quantitative estimate of drug-likeness (QED) is 0.0199. The predicted octanol–water partition coefficient (Wildman–Crippen LogP) is 11.0. The summed E-state index contributed by atoms with van der Waals surface area (Å²) in [5.41, 5.74) is 0. The van der Waals surface area contributed by atoms with E-state index in [0.29, 0.717) is 12.8 Å². The largest absolute Gasteiger partial charge is 0.394 e. The Morgan fingerprint density at radius 3 is 1.09 bits per heavy atom. The molecule has 17 atom stereocenters. The van der Waals surface area contributed by atoms with Crippen LogP contribution in [0.1, 0.15) is 303 Å². The summed E-state index contributed by atoms with van der Waals surface area (Å²) in [6.07, 6.45) is 37.4. The summed E-state index contributed by atoms with van der Waals surface area (Å²) in [6.45, 7) is 1.76. The molecule has 3 heterocycles. The van der Waals surface area contributed by atoms with Gasteiger partial charge in [-0.2, -0.15) is 0 Å². The Balaban J connectivity index is 1.41. The lowest BCUT2D eigenvalue weighted by Gasteiger charge is -2.48.